The van der Waals surface area contributed by atoms with Gasteiger partial charge in [0, 0.05) is 6.42 Å². The van der Waals surface area contributed by atoms with Gasteiger partial charge in [-0.25, -0.2) is 4.79 Å². The molecule has 0 heterocycles. The van der Waals surface area contributed by atoms with E-state index in [1.807, 2.05) is 30.3 Å². The monoisotopic (exact) mass is 210 g/mol. The SMILES string of the molecule is O=C(O)COCCCOc1ccccc1. The molecule has 1 aromatic carbocycles. The molecule has 0 atom stereocenters. The van der Waals surface area contributed by atoms with Crippen molar-refractivity contribution in [3.8, 4) is 5.75 Å². The Labute approximate surface area is 88.4 Å². The molecule has 15 heavy (non-hydrogen) atoms. The summed E-state index contributed by atoms with van der Waals surface area (Å²) in [6.45, 7) is 0.689. The first kappa shape index (κ1) is 11.5. The van der Waals surface area contributed by atoms with Crippen molar-refractivity contribution in [2.24, 2.45) is 0 Å². The average Bonchev–Trinajstić information content (AvgIpc) is 2.24. The first-order valence-corrected chi connectivity index (χ1v) is 4.76. The van der Waals surface area contributed by atoms with Crippen LogP contribution in [-0.2, 0) is 9.53 Å². The van der Waals surface area contributed by atoms with Crippen LogP contribution in [0.4, 0.5) is 0 Å². The molecule has 0 saturated heterocycles. The highest BCUT2D eigenvalue weighted by molar-refractivity contribution is 5.67. The standard InChI is InChI=1S/C11H14O4/c12-11(13)9-14-7-4-8-15-10-5-2-1-3-6-10/h1-3,5-6H,4,7-9H2,(H,12,13). The van der Waals surface area contributed by atoms with Gasteiger partial charge < -0.3 is 14.6 Å². The van der Waals surface area contributed by atoms with E-state index in [0.29, 0.717) is 19.6 Å². The topological polar surface area (TPSA) is 55.8 Å². The molecule has 0 fully saturated rings. The predicted octanol–water partition coefficient (Wildman–Crippen LogP) is 1.56. The van der Waals surface area contributed by atoms with E-state index in [9.17, 15) is 4.79 Å². The first-order valence-electron chi connectivity index (χ1n) is 4.76. The summed E-state index contributed by atoms with van der Waals surface area (Å²) < 4.78 is 10.2. The highest BCUT2D eigenvalue weighted by Crippen LogP contribution is 2.08. The smallest absolute Gasteiger partial charge is 0.329 e. The van der Waals surface area contributed by atoms with Crippen LogP contribution in [-0.4, -0.2) is 30.9 Å². The van der Waals surface area contributed by atoms with Gasteiger partial charge in [0.05, 0.1) is 13.2 Å². The van der Waals surface area contributed by atoms with Gasteiger partial charge in [0.15, 0.2) is 0 Å². The van der Waals surface area contributed by atoms with Crippen LogP contribution >= 0.6 is 0 Å². The fourth-order valence-corrected chi connectivity index (χ4v) is 1.03. The molecular weight excluding hydrogens is 196 g/mol. The molecule has 4 nitrogen and oxygen atoms in total. The zero-order chi connectivity index (χ0) is 10.9. The lowest BCUT2D eigenvalue weighted by molar-refractivity contribution is -0.142. The zero-order valence-corrected chi connectivity index (χ0v) is 8.39. The summed E-state index contributed by atoms with van der Waals surface area (Å²) in [7, 11) is 0. The summed E-state index contributed by atoms with van der Waals surface area (Å²) >= 11 is 0. The highest BCUT2D eigenvalue weighted by atomic mass is 16.5. The number of hydrogen-bond donors (Lipinski definition) is 1. The maximum absolute atomic E-state index is 10.1. The van der Waals surface area contributed by atoms with Crippen molar-refractivity contribution in [2.75, 3.05) is 19.8 Å². The van der Waals surface area contributed by atoms with E-state index in [1.165, 1.54) is 0 Å². The molecule has 1 N–H and O–H groups in total. The summed E-state index contributed by atoms with van der Waals surface area (Å²) in [5.74, 6) is -0.130. The van der Waals surface area contributed by atoms with Gasteiger partial charge in [-0.1, -0.05) is 18.2 Å². The molecule has 0 aliphatic rings. The zero-order valence-electron chi connectivity index (χ0n) is 8.39. The van der Waals surface area contributed by atoms with Crippen LogP contribution in [0.15, 0.2) is 30.3 Å². The van der Waals surface area contributed by atoms with E-state index in [4.69, 9.17) is 14.6 Å². The van der Waals surface area contributed by atoms with Crippen LogP contribution in [0.1, 0.15) is 6.42 Å². The predicted molar refractivity (Wildman–Crippen MR) is 55.0 cm³/mol. The number of benzene rings is 1. The molecule has 0 bridgehead atoms. The molecule has 1 aromatic rings. The molecule has 82 valence electrons. The largest absolute Gasteiger partial charge is 0.494 e. The molecule has 0 aliphatic carbocycles. The number of carbonyl (C=O) groups is 1. The second-order valence-corrected chi connectivity index (χ2v) is 2.96. The highest BCUT2D eigenvalue weighted by Gasteiger charge is 1.96. The molecule has 0 aromatic heterocycles. The molecule has 0 spiro atoms. The van der Waals surface area contributed by atoms with Gasteiger partial charge in [-0.15, -0.1) is 0 Å². The quantitative estimate of drug-likeness (QED) is 0.694. The number of hydrogen-bond acceptors (Lipinski definition) is 3. The minimum Gasteiger partial charge on any atom is -0.494 e. The summed E-state index contributed by atoms with van der Waals surface area (Å²) in [5, 5.41) is 8.29. The van der Waals surface area contributed by atoms with E-state index in [2.05, 4.69) is 0 Å². The van der Waals surface area contributed by atoms with Crippen molar-refractivity contribution in [2.45, 2.75) is 6.42 Å². The lowest BCUT2D eigenvalue weighted by Gasteiger charge is -2.05. The molecule has 0 unspecified atom stereocenters. The Bertz CT molecular complexity index is 284. The van der Waals surface area contributed by atoms with E-state index >= 15 is 0 Å². The summed E-state index contributed by atoms with van der Waals surface area (Å²) in [5.41, 5.74) is 0. The van der Waals surface area contributed by atoms with Gasteiger partial charge in [0.25, 0.3) is 0 Å². The van der Waals surface area contributed by atoms with Gasteiger partial charge in [-0.3, -0.25) is 0 Å². The van der Waals surface area contributed by atoms with E-state index in [-0.39, 0.29) is 6.61 Å². The van der Waals surface area contributed by atoms with Crippen molar-refractivity contribution in [3.63, 3.8) is 0 Å². The third-order valence-corrected chi connectivity index (χ3v) is 1.67. The van der Waals surface area contributed by atoms with Crippen LogP contribution in [0, 0.1) is 0 Å². The van der Waals surface area contributed by atoms with E-state index in [1.54, 1.807) is 0 Å². The van der Waals surface area contributed by atoms with Crippen LogP contribution < -0.4 is 4.74 Å². The normalized spacial score (nSPS) is 9.87. The second kappa shape index (κ2) is 6.84. The molecule has 0 amide bonds. The van der Waals surface area contributed by atoms with Crippen LogP contribution in [0.2, 0.25) is 0 Å². The number of carboxylic acid groups (broad SMARTS) is 1. The van der Waals surface area contributed by atoms with Crippen molar-refractivity contribution >= 4 is 5.97 Å². The van der Waals surface area contributed by atoms with Gasteiger partial charge in [0.2, 0.25) is 0 Å². The van der Waals surface area contributed by atoms with Crippen molar-refractivity contribution < 1.29 is 19.4 Å². The maximum Gasteiger partial charge on any atom is 0.329 e. The van der Waals surface area contributed by atoms with Gasteiger partial charge in [-0.2, -0.15) is 0 Å². The Kier molecular flexibility index (Phi) is 5.25. The Balaban J connectivity index is 2.00. The summed E-state index contributed by atoms with van der Waals surface area (Å²) in [6.07, 6.45) is 0.683. The third-order valence-electron chi connectivity index (χ3n) is 1.67. The van der Waals surface area contributed by atoms with Crippen molar-refractivity contribution in [1.82, 2.24) is 0 Å². The number of para-hydroxylation sites is 1. The second-order valence-electron chi connectivity index (χ2n) is 2.96. The maximum atomic E-state index is 10.1. The van der Waals surface area contributed by atoms with Crippen molar-refractivity contribution in [1.29, 1.82) is 0 Å². The molecular formula is C11H14O4. The van der Waals surface area contributed by atoms with Crippen molar-refractivity contribution in [3.05, 3.63) is 30.3 Å². The lowest BCUT2D eigenvalue weighted by Crippen LogP contribution is -2.09. The minimum atomic E-state index is -0.945. The molecule has 0 aliphatic heterocycles. The van der Waals surface area contributed by atoms with Gasteiger partial charge in [-0.05, 0) is 12.1 Å². The van der Waals surface area contributed by atoms with E-state index < -0.39 is 5.97 Å². The molecule has 0 radical (unpaired) electrons. The third kappa shape index (κ3) is 5.70. The van der Waals surface area contributed by atoms with E-state index in [0.717, 1.165) is 5.75 Å². The Morgan fingerprint density at radius 1 is 1.20 bits per heavy atom. The summed E-state index contributed by atoms with van der Waals surface area (Å²) in [4.78, 5) is 10.1. The number of carboxylic acids is 1. The fraction of sp³-hybridized carbons (Fsp3) is 0.364. The van der Waals surface area contributed by atoms with Gasteiger partial charge in [0.1, 0.15) is 12.4 Å². The fourth-order valence-electron chi connectivity index (χ4n) is 1.03. The Morgan fingerprint density at radius 2 is 1.93 bits per heavy atom. The molecule has 0 saturated carbocycles. The number of rotatable bonds is 7. The number of ether oxygens (including phenoxy) is 2. The average molecular weight is 210 g/mol. The van der Waals surface area contributed by atoms with Crippen LogP contribution in [0.3, 0.4) is 0 Å². The van der Waals surface area contributed by atoms with Gasteiger partial charge >= 0.3 is 5.97 Å². The first-order chi connectivity index (χ1) is 7.29. The molecule has 1 rings (SSSR count). The van der Waals surface area contributed by atoms with Crippen LogP contribution in [0.5, 0.6) is 5.75 Å². The summed E-state index contributed by atoms with van der Waals surface area (Å²) in [6, 6.07) is 9.46. The number of aliphatic carboxylic acids is 1. The Morgan fingerprint density at radius 3 is 2.60 bits per heavy atom. The van der Waals surface area contributed by atoms with Crippen LogP contribution in [0.25, 0.3) is 0 Å². The lowest BCUT2D eigenvalue weighted by atomic mass is 10.3. The minimum absolute atomic E-state index is 0.245. The molecule has 4 heteroatoms. The Hall–Kier alpha value is -1.55.